The van der Waals surface area contributed by atoms with Crippen LogP contribution in [0.4, 0.5) is 0 Å². The quantitative estimate of drug-likeness (QED) is 0.387. The molecular weight excluding hydrogens is 492 g/mol. The third kappa shape index (κ3) is 5.99. The number of nitrogens with zero attached hydrogens (tertiary/aromatic N) is 3. The minimum atomic E-state index is -0.954. The van der Waals surface area contributed by atoms with Gasteiger partial charge in [-0.2, -0.15) is 0 Å². The molecule has 0 unspecified atom stereocenters. The largest absolute Gasteiger partial charge is 0.493 e. The van der Waals surface area contributed by atoms with Gasteiger partial charge >= 0.3 is 5.97 Å². The number of rotatable bonds is 13. The van der Waals surface area contributed by atoms with Gasteiger partial charge in [0.05, 0.1) is 19.6 Å². The molecule has 38 heavy (non-hydrogen) atoms. The summed E-state index contributed by atoms with van der Waals surface area (Å²) in [7, 11) is 1.53. The number of hydrogen-bond acceptors (Lipinski definition) is 8. The van der Waals surface area contributed by atoms with Gasteiger partial charge < -0.3 is 34.9 Å². The van der Waals surface area contributed by atoms with Crippen LogP contribution in [0.15, 0.2) is 12.1 Å². The van der Waals surface area contributed by atoms with Crippen molar-refractivity contribution in [1.29, 1.82) is 0 Å². The van der Waals surface area contributed by atoms with E-state index in [0.29, 0.717) is 62.8 Å². The van der Waals surface area contributed by atoms with Gasteiger partial charge in [0, 0.05) is 51.1 Å². The van der Waals surface area contributed by atoms with Gasteiger partial charge in [0.1, 0.15) is 0 Å². The minimum absolute atomic E-state index is 0.0288. The van der Waals surface area contributed by atoms with Gasteiger partial charge in [-0.25, -0.2) is 0 Å². The van der Waals surface area contributed by atoms with E-state index >= 15 is 0 Å². The van der Waals surface area contributed by atoms with Crippen molar-refractivity contribution in [3.63, 3.8) is 0 Å². The monoisotopic (exact) mass is 532 g/mol. The van der Waals surface area contributed by atoms with E-state index in [1.807, 2.05) is 15.9 Å². The minimum Gasteiger partial charge on any atom is -0.493 e. The normalized spacial score (nSPS) is 22.8. The molecule has 0 saturated carbocycles. The van der Waals surface area contributed by atoms with Gasteiger partial charge in [-0.05, 0) is 43.5 Å². The van der Waals surface area contributed by atoms with Crippen molar-refractivity contribution in [2.24, 2.45) is 11.7 Å². The number of methoxy groups -OCH3 is 1. The van der Waals surface area contributed by atoms with E-state index in [1.165, 1.54) is 7.11 Å². The van der Waals surface area contributed by atoms with Crippen molar-refractivity contribution in [3.8, 4) is 17.2 Å². The van der Waals surface area contributed by atoms with E-state index in [1.54, 1.807) is 11.0 Å². The van der Waals surface area contributed by atoms with Crippen LogP contribution < -0.4 is 19.9 Å². The molecule has 1 aromatic rings. The van der Waals surface area contributed by atoms with Crippen LogP contribution in [0, 0.1) is 5.92 Å². The molecule has 2 saturated heterocycles. The molecule has 3 N–H and O–H groups in total. The molecule has 3 heterocycles. The highest BCUT2D eigenvalue weighted by Crippen LogP contribution is 2.47. The Labute approximate surface area is 223 Å². The highest BCUT2D eigenvalue weighted by atomic mass is 16.7. The molecule has 2 fully saturated rings. The summed E-state index contributed by atoms with van der Waals surface area (Å²) in [4.78, 5) is 44.3. The maximum absolute atomic E-state index is 13.5. The van der Waals surface area contributed by atoms with Crippen LogP contribution in [-0.2, 0) is 14.4 Å². The highest BCUT2D eigenvalue weighted by Gasteiger charge is 2.49. The average molecular weight is 533 g/mol. The number of likely N-dealkylation sites (tertiary alicyclic amines) is 2. The van der Waals surface area contributed by atoms with Gasteiger partial charge in [-0.3, -0.25) is 19.3 Å². The molecule has 0 radical (unpaired) electrons. The molecule has 210 valence electrons. The smallest absolute Gasteiger partial charge is 0.308 e. The second kappa shape index (κ2) is 12.7. The van der Waals surface area contributed by atoms with Crippen LogP contribution in [0.5, 0.6) is 17.2 Å². The number of aliphatic carboxylic acids is 1. The third-order valence-electron chi connectivity index (χ3n) is 7.83. The maximum Gasteiger partial charge on any atom is 0.308 e. The van der Waals surface area contributed by atoms with Crippen LogP contribution in [0.1, 0.15) is 50.5 Å². The lowest BCUT2D eigenvalue weighted by Gasteiger charge is -2.32. The lowest BCUT2D eigenvalue weighted by molar-refractivity contribution is -0.144. The Morgan fingerprint density at radius 1 is 1.24 bits per heavy atom. The van der Waals surface area contributed by atoms with E-state index in [2.05, 4.69) is 6.92 Å². The molecule has 11 heteroatoms. The number of hydrogen-bond donors (Lipinski definition) is 2. The molecule has 3 aliphatic rings. The van der Waals surface area contributed by atoms with Crippen molar-refractivity contribution in [1.82, 2.24) is 14.7 Å². The van der Waals surface area contributed by atoms with Crippen LogP contribution in [0.25, 0.3) is 0 Å². The molecule has 0 aromatic heterocycles. The zero-order valence-corrected chi connectivity index (χ0v) is 22.4. The number of ether oxygens (including phenoxy) is 3. The van der Waals surface area contributed by atoms with E-state index in [0.717, 1.165) is 24.8 Å². The lowest BCUT2D eigenvalue weighted by atomic mass is 9.84. The van der Waals surface area contributed by atoms with Gasteiger partial charge in [-0.1, -0.05) is 13.3 Å². The zero-order chi connectivity index (χ0) is 27.2. The Morgan fingerprint density at radius 3 is 2.68 bits per heavy atom. The molecule has 1 aromatic carbocycles. The van der Waals surface area contributed by atoms with Crippen LogP contribution in [0.3, 0.4) is 0 Å². The second-order valence-corrected chi connectivity index (χ2v) is 10.2. The molecule has 3 atom stereocenters. The summed E-state index contributed by atoms with van der Waals surface area (Å²) in [5.74, 6) is -0.736. The number of benzene rings is 1. The van der Waals surface area contributed by atoms with Gasteiger partial charge in [0.25, 0.3) is 0 Å². The number of fused-ring (bicyclic) bond motifs is 1. The number of carbonyl (C=O) groups excluding carboxylic acids is 2. The fraction of sp³-hybridized carbons (Fsp3) is 0.667. The molecule has 3 aliphatic heterocycles. The molecule has 11 nitrogen and oxygen atoms in total. The number of unbranched alkanes of at least 4 members (excludes halogenated alkanes) is 1. The van der Waals surface area contributed by atoms with E-state index in [9.17, 15) is 19.5 Å². The standard InChI is InChI=1S/C27H40N4O7/c1-3-4-9-29(11-6-8-28)24(33)16-31-14-19(18-12-21(36-2)26-22(13-18)37-17-38-26)25(27(34)35)20(31)15-30-10-5-7-23(30)32/h12-13,19-20,25H,3-11,14-17,28H2,1-2H3,(H,34,35)/t19-,20+,25-/m1/s1. The van der Waals surface area contributed by atoms with Crippen molar-refractivity contribution in [2.75, 3.05) is 59.7 Å². The number of nitrogens with two attached hydrogens (primary N) is 1. The third-order valence-corrected chi connectivity index (χ3v) is 7.83. The van der Waals surface area contributed by atoms with Gasteiger partial charge in [0.15, 0.2) is 11.5 Å². The first-order valence-corrected chi connectivity index (χ1v) is 13.6. The van der Waals surface area contributed by atoms with Crippen LogP contribution >= 0.6 is 0 Å². The first kappa shape index (κ1) is 28.0. The molecular formula is C27H40N4O7. The van der Waals surface area contributed by atoms with Crippen LogP contribution in [0.2, 0.25) is 0 Å². The summed E-state index contributed by atoms with van der Waals surface area (Å²) >= 11 is 0. The van der Waals surface area contributed by atoms with Crippen molar-refractivity contribution in [3.05, 3.63) is 17.7 Å². The molecule has 0 aliphatic carbocycles. The van der Waals surface area contributed by atoms with Crippen molar-refractivity contribution < 1.29 is 33.7 Å². The zero-order valence-electron chi connectivity index (χ0n) is 22.4. The van der Waals surface area contributed by atoms with Gasteiger partial charge in [-0.15, -0.1) is 0 Å². The Hall–Kier alpha value is -3.05. The highest BCUT2D eigenvalue weighted by molar-refractivity contribution is 5.80. The number of amides is 2. The van der Waals surface area contributed by atoms with Gasteiger partial charge in [0.2, 0.25) is 24.4 Å². The predicted molar refractivity (Wildman–Crippen MR) is 139 cm³/mol. The van der Waals surface area contributed by atoms with E-state index in [4.69, 9.17) is 19.9 Å². The van der Waals surface area contributed by atoms with E-state index < -0.39 is 23.8 Å². The number of carbonyl (C=O) groups is 3. The molecule has 0 bridgehead atoms. The Morgan fingerprint density at radius 2 is 2.03 bits per heavy atom. The SMILES string of the molecule is CCCCN(CCCN)C(=O)CN1C[C@H](c2cc(OC)c3c(c2)OCO3)[C@@H](C(=O)O)[C@@H]1CN1CCCC1=O. The topological polar surface area (TPSA) is 135 Å². The Kier molecular flexibility index (Phi) is 9.32. The average Bonchev–Trinajstić information content (AvgIpc) is 3.63. The van der Waals surface area contributed by atoms with Crippen molar-refractivity contribution >= 4 is 17.8 Å². The molecule has 0 spiro atoms. The molecule has 4 rings (SSSR count). The fourth-order valence-corrected chi connectivity index (χ4v) is 5.81. The Bertz CT molecular complexity index is 1010. The number of carboxylic acid groups (broad SMARTS) is 1. The van der Waals surface area contributed by atoms with E-state index in [-0.39, 0.29) is 31.7 Å². The summed E-state index contributed by atoms with van der Waals surface area (Å²) in [6.07, 6.45) is 3.79. The molecule has 2 amide bonds. The summed E-state index contributed by atoms with van der Waals surface area (Å²) in [6, 6.07) is 3.10. The Balaban J connectivity index is 1.64. The fourth-order valence-electron chi connectivity index (χ4n) is 5.81. The first-order valence-electron chi connectivity index (χ1n) is 13.6. The summed E-state index contributed by atoms with van der Waals surface area (Å²) < 4.78 is 16.6. The maximum atomic E-state index is 13.5. The summed E-state index contributed by atoms with van der Waals surface area (Å²) in [6.45, 7) is 5.18. The summed E-state index contributed by atoms with van der Waals surface area (Å²) in [5.41, 5.74) is 6.46. The first-order chi connectivity index (χ1) is 18.4. The second-order valence-electron chi connectivity index (χ2n) is 10.2. The predicted octanol–water partition coefficient (Wildman–Crippen LogP) is 1.49. The number of carboxylic acids is 1. The van der Waals surface area contributed by atoms with Crippen LogP contribution in [-0.4, -0.2) is 103 Å². The lowest BCUT2D eigenvalue weighted by Crippen LogP contribution is -2.49. The van der Waals surface area contributed by atoms with Crippen molar-refractivity contribution in [2.45, 2.75) is 51.0 Å². The summed E-state index contributed by atoms with van der Waals surface area (Å²) in [5, 5.41) is 10.4.